The number of hydrogen-bond donors (Lipinski definition) is 0. The van der Waals surface area contributed by atoms with Crippen molar-refractivity contribution >= 4 is 22.6 Å². The molecule has 0 unspecified atom stereocenters. The maximum Gasteiger partial charge on any atom is 0.247 e. The van der Waals surface area contributed by atoms with Crippen LogP contribution in [-0.4, -0.2) is 22.0 Å². The van der Waals surface area contributed by atoms with Gasteiger partial charge < -0.3 is 9.47 Å². The first kappa shape index (κ1) is 20.5. The monoisotopic (exact) mass is 423 g/mol. The fourth-order valence-electron chi connectivity index (χ4n) is 4.59. The number of hydrogen-bond acceptors (Lipinski definition) is 2. The molecular formula is C28H29N3O. The highest BCUT2D eigenvalue weighted by atomic mass is 16.2. The Labute approximate surface area is 189 Å². The first-order valence-electron chi connectivity index (χ1n) is 11.4. The van der Waals surface area contributed by atoms with Crippen LogP contribution in [0.5, 0.6) is 0 Å². The summed E-state index contributed by atoms with van der Waals surface area (Å²) in [6, 6.07) is 24.9. The second-order valence-corrected chi connectivity index (χ2v) is 9.62. The van der Waals surface area contributed by atoms with Gasteiger partial charge in [-0.1, -0.05) is 75.4 Å². The molecule has 4 heteroatoms. The first-order chi connectivity index (χ1) is 15.4. The zero-order valence-electron chi connectivity index (χ0n) is 19.0. The van der Waals surface area contributed by atoms with Crippen molar-refractivity contribution in [3.05, 3.63) is 83.9 Å². The van der Waals surface area contributed by atoms with Gasteiger partial charge >= 0.3 is 0 Å². The van der Waals surface area contributed by atoms with Crippen molar-refractivity contribution in [3.63, 3.8) is 0 Å². The average molecular weight is 424 g/mol. The molecule has 1 aliphatic rings. The van der Waals surface area contributed by atoms with Crippen molar-refractivity contribution in [1.82, 2.24) is 9.55 Å². The summed E-state index contributed by atoms with van der Waals surface area (Å²) in [4.78, 5) is 20.4. The van der Waals surface area contributed by atoms with Crippen molar-refractivity contribution in [3.8, 4) is 11.4 Å². The van der Waals surface area contributed by atoms with Crippen molar-refractivity contribution in [2.75, 3.05) is 11.4 Å². The number of aromatic nitrogens is 2. The van der Waals surface area contributed by atoms with Gasteiger partial charge in [0.15, 0.2) is 0 Å². The lowest BCUT2D eigenvalue weighted by molar-refractivity contribution is -0.119. The van der Waals surface area contributed by atoms with Crippen molar-refractivity contribution in [2.24, 2.45) is 0 Å². The lowest BCUT2D eigenvalue weighted by Gasteiger charge is -2.30. The Bertz CT molecular complexity index is 1280. The van der Waals surface area contributed by atoms with Gasteiger partial charge in [0.05, 0.1) is 11.0 Å². The van der Waals surface area contributed by atoms with E-state index in [-0.39, 0.29) is 17.9 Å². The van der Waals surface area contributed by atoms with Crippen LogP contribution in [0.25, 0.3) is 22.4 Å². The van der Waals surface area contributed by atoms with Gasteiger partial charge in [-0.3, -0.25) is 4.79 Å². The fraction of sp³-hybridized carbons (Fsp3) is 0.286. The molecule has 2 heterocycles. The van der Waals surface area contributed by atoms with Gasteiger partial charge in [0.1, 0.15) is 12.4 Å². The van der Waals surface area contributed by atoms with E-state index >= 15 is 0 Å². The third-order valence-corrected chi connectivity index (χ3v) is 6.37. The van der Waals surface area contributed by atoms with Crippen LogP contribution in [0.4, 0.5) is 5.69 Å². The van der Waals surface area contributed by atoms with Gasteiger partial charge in [0.2, 0.25) is 5.91 Å². The molecule has 1 aromatic heterocycles. The third-order valence-electron chi connectivity index (χ3n) is 6.37. The molecular weight excluding hydrogens is 394 g/mol. The number of anilines is 1. The van der Waals surface area contributed by atoms with Gasteiger partial charge in [-0.15, -0.1) is 0 Å². The Balaban J connectivity index is 1.54. The maximum atomic E-state index is 13.5. The summed E-state index contributed by atoms with van der Waals surface area (Å²) in [6.45, 7) is 7.68. The molecule has 3 aromatic carbocycles. The standard InChI is InChI=1S/C28H29N3O/c1-28(2,3)22-16-14-21(15-17-22)27-29-23-11-5-7-13-25(23)31(27)19-26(32)30-18-8-10-20-9-4-6-12-24(20)30/h4-7,9,11-17H,8,10,18-19H2,1-3H3. The molecule has 4 aromatic rings. The number of fused-ring (bicyclic) bond motifs is 2. The number of nitrogens with zero attached hydrogens (tertiary/aromatic N) is 3. The Morgan fingerprint density at radius 1 is 0.938 bits per heavy atom. The predicted octanol–water partition coefficient (Wildman–Crippen LogP) is 5.98. The molecule has 0 saturated heterocycles. The summed E-state index contributed by atoms with van der Waals surface area (Å²) in [5.41, 5.74) is 6.60. The van der Waals surface area contributed by atoms with E-state index < -0.39 is 0 Å². The van der Waals surface area contributed by atoms with E-state index in [1.165, 1.54) is 11.1 Å². The molecule has 1 aliphatic heterocycles. The average Bonchev–Trinajstić information content (AvgIpc) is 3.16. The van der Waals surface area contributed by atoms with Crippen LogP contribution in [0.1, 0.15) is 38.3 Å². The Morgan fingerprint density at radius 3 is 2.44 bits per heavy atom. The zero-order chi connectivity index (χ0) is 22.3. The van der Waals surface area contributed by atoms with Crippen LogP contribution >= 0.6 is 0 Å². The minimum Gasteiger partial charge on any atom is -0.314 e. The Kier molecular flexibility index (Phi) is 5.09. The van der Waals surface area contributed by atoms with Crippen LogP contribution in [0, 0.1) is 0 Å². The second kappa shape index (κ2) is 7.94. The lowest BCUT2D eigenvalue weighted by atomic mass is 9.87. The normalized spacial score (nSPS) is 13.9. The van der Waals surface area contributed by atoms with E-state index in [9.17, 15) is 4.79 Å². The molecule has 0 radical (unpaired) electrons. The molecule has 0 atom stereocenters. The topological polar surface area (TPSA) is 38.1 Å². The van der Waals surface area contributed by atoms with Crippen LogP contribution in [0.15, 0.2) is 72.8 Å². The number of benzene rings is 3. The molecule has 0 N–H and O–H groups in total. The summed E-state index contributed by atoms with van der Waals surface area (Å²) >= 11 is 0. The molecule has 0 spiro atoms. The highest BCUT2D eigenvalue weighted by Gasteiger charge is 2.24. The number of imidazole rings is 1. The van der Waals surface area contributed by atoms with Gasteiger partial charge in [-0.25, -0.2) is 4.98 Å². The maximum absolute atomic E-state index is 13.5. The summed E-state index contributed by atoms with van der Waals surface area (Å²) in [5, 5.41) is 0. The second-order valence-electron chi connectivity index (χ2n) is 9.62. The molecule has 5 rings (SSSR count). The summed E-state index contributed by atoms with van der Waals surface area (Å²) < 4.78 is 2.07. The number of amides is 1. The van der Waals surface area contributed by atoms with Gasteiger partial charge in [-0.2, -0.15) is 0 Å². The summed E-state index contributed by atoms with van der Waals surface area (Å²) in [6.07, 6.45) is 2.02. The van der Waals surface area contributed by atoms with E-state index in [0.29, 0.717) is 0 Å². The van der Waals surface area contributed by atoms with E-state index in [0.717, 1.165) is 47.5 Å². The van der Waals surface area contributed by atoms with E-state index in [4.69, 9.17) is 4.98 Å². The number of carbonyl (C=O) groups is 1. The molecule has 4 nitrogen and oxygen atoms in total. The molecule has 32 heavy (non-hydrogen) atoms. The van der Waals surface area contributed by atoms with Crippen molar-refractivity contribution in [2.45, 2.75) is 45.6 Å². The molecule has 0 bridgehead atoms. The van der Waals surface area contributed by atoms with Crippen molar-refractivity contribution < 1.29 is 4.79 Å². The Hall–Kier alpha value is -3.40. The van der Waals surface area contributed by atoms with Gasteiger partial charge in [0.25, 0.3) is 0 Å². The number of aryl methyl sites for hydroxylation is 1. The summed E-state index contributed by atoms with van der Waals surface area (Å²) in [5.74, 6) is 0.943. The third kappa shape index (κ3) is 3.70. The van der Waals surface area contributed by atoms with E-state index in [1.54, 1.807) is 0 Å². The summed E-state index contributed by atoms with van der Waals surface area (Å²) in [7, 11) is 0. The van der Waals surface area contributed by atoms with E-state index in [1.807, 2.05) is 35.2 Å². The smallest absolute Gasteiger partial charge is 0.247 e. The van der Waals surface area contributed by atoms with Crippen LogP contribution in [-0.2, 0) is 23.2 Å². The predicted molar refractivity (Wildman–Crippen MR) is 131 cm³/mol. The minimum atomic E-state index is 0.0935. The number of rotatable bonds is 3. The molecule has 162 valence electrons. The molecule has 1 amide bonds. The minimum absolute atomic E-state index is 0.0935. The SMILES string of the molecule is CC(C)(C)c1ccc(-c2nc3ccccc3n2CC(=O)N2CCCc3ccccc32)cc1. The molecule has 0 saturated carbocycles. The lowest BCUT2D eigenvalue weighted by Crippen LogP contribution is -2.37. The van der Waals surface area contributed by atoms with Crippen LogP contribution < -0.4 is 4.90 Å². The highest BCUT2D eigenvalue weighted by Crippen LogP contribution is 2.30. The van der Waals surface area contributed by atoms with E-state index in [2.05, 4.69) is 67.8 Å². The van der Waals surface area contributed by atoms with Gasteiger partial charge in [-0.05, 0) is 47.6 Å². The fourth-order valence-corrected chi connectivity index (χ4v) is 4.59. The molecule has 0 fully saturated rings. The van der Waals surface area contributed by atoms with Crippen molar-refractivity contribution in [1.29, 1.82) is 0 Å². The largest absolute Gasteiger partial charge is 0.314 e. The van der Waals surface area contributed by atoms with Crippen LogP contribution in [0.3, 0.4) is 0 Å². The first-order valence-corrected chi connectivity index (χ1v) is 11.4. The number of carbonyl (C=O) groups excluding carboxylic acids is 1. The highest BCUT2D eigenvalue weighted by molar-refractivity contribution is 5.96. The van der Waals surface area contributed by atoms with Gasteiger partial charge in [0, 0.05) is 17.8 Å². The van der Waals surface area contributed by atoms with Crippen LogP contribution in [0.2, 0.25) is 0 Å². The quantitative estimate of drug-likeness (QED) is 0.406. The Morgan fingerprint density at radius 2 is 1.66 bits per heavy atom. The molecule has 0 aliphatic carbocycles. The zero-order valence-corrected chi connectivity index (χ0v) is 19.0. The number of para-hydroxylation sites is 3.